The largest absolute Gasteiger partial charge is 0.333 e. The smallest absolute Gasteiger partial charge is 0.271 e. The Morgan fingerprint density at radius 2 is 1.13 bits per heavy atom. The monoisotopic (exact) mass is 220 g/mol. The summed E-state index contributed by atoms with van der Waals surface area (Å²) in [5.74, 6) is 0. The van der Waals surface area contributed by atoms with Crippen LogP contribution in [0.4, 0.5) is 0 Å². The molecule has 0 amide bonds. The Kier molecular flexibility index (Phi) is 3.55. The summed E-state index contributed by atoms with van der Waals surface area (Å²) < 4.78 is 31.2. The number of ether oxygens (including phenoxy) is 6. The van der Waals surface area contributed by atoms with Gasteiger partial charge in [0.05, 0.1) is 31.8 Å². The molecule has 2 heterocycles. The highest BCUT2D eigenvalue weighted by atomic mass is 16.9. The Labute approximate surface area is 88.3 Å². The highest BCUT2D eigenvalue weighted by Crippen LogP contribution is 2.30. The van der Waals surface area contributed by atoms with Gasteiger partial charge in [-0.15, -0.1) is 0 Å². The van der Waals surface area contributed by atoms with Gasteiger partial charge in [-0.3, -0.25) is 0 Å². The average molecular weight is 220 g/mol. The minimum Gasteiger partial charge on any atom is -0.333 e. The fourth-order valence-electron chi connectivity index (χ4n) is 1.60. The van der Waals surface area contributed by atoms with Gasteiger partial charge in [0.2, 0.25) is 0 Å². The van der Waals surface area contributed by atoms with Crippen molar-refractivity contribution in [3.63, 3.8) is 0 Å². The van der Waals surface area contributed by atoms with Crippen molar-refractivity contribution >= 4 is 0 Å². The normalized spacial score (nSPS) is 42.0. The number of rotatable bonds is 2. The van der Waals surface area contributed by atoms with Gasteiger partial charge in [-0.2, -0.15) is 0 Å². The Hall–Kier alpha value is -0.240. The number of methoxy groups -OCH3 is 2. The van der Waals surface area contributed by atoms with Gasteiger partial charge >= 0.3 is 0 Å². The maximum Gasteiger partial charge on any atom is 0.271 e. The fraction of sp³-hybridized carbons (Fsp3) is 1.00. The van der Waals surface area contributed by atoms with Crippen molar-refractivity contribution in [1.29, 1.82) is 0 Å². The molecule has 88 valence electrons. The Morgan fingerprint density at radius 1 is 0.800 bits per heavy atom. The van der Waals surface area contributed by atoms with Gasteiger partial charge in [-0.1, -0.05) is 0 Å². The van der Waals surface area contributed by atoms with Crippen LogP contribution in [0, 0.1) is 5.41 Å². The predicted molar refractivity (Wildman–Crippen MR) is 47.8 cm³/mol. The van der Waals surface area contributed by atoms with Crippen molar-refractivity contribution < 1.29 is 28.4 Å². The molecule has 2 aliphatic rings. The first kappa shape index (κ1) is 11.3. The Morgan fingerprint density at radius 3 is 1.40 bits per heavy atom. The SMILES string of the molecule is COC1OCC2(CO1)COC(OC)OC2. The molecule has 1 spiro atoms. The van der Waals surface area contributed by atoms with E-state index in [1.165, 1.54) is 14.2 Å². The topological polar surface area (TPSA) is 55.4 Å². The molecule has 0 aromatic rings. The first-order valence-electron chi connectivity index (χ1n) is 4.80. The van der Waals surface area contributed by atoms with Gasteiger partial charge in [-0.25, -0.2) is 0 Å². The average Bonchev–Trinajstić information content (AvgIpc) is 2.31. The zero-order valence-electron chi connectivity index (χ0n) is 8.93. The highest BCUT2D eigenvalue weighted by molar-refractivity contribution is 4.82. The van der Waals surface area contributed by atoms with E-state index in [0.717, 1.165) is 0 Å². The molecular weight excluding hydrogens is 204 g/mol. The van der Waals surface area contributed by atoms with Gasteiger partial charge in [0.1, 0.15) is 0 Å². The molecule has 0 unspecified atom stereocenters. The van der Waals surface area contributed by atoms with Crippen molar-refractivity contribution in [2.24, 2.45) is 5.41 Å². The summed E-state index contributed by atoms with van der Waals surface area (Å²) in [6.45, 7) is 0.861. The molecule has 0 atom stereocenters. The van der Waals surface area contributed by atoms with Gasteiger partial charge in [-0.05, 0) is 0 Å². The van der Waals surface area contributed by atoms with E-state index in [0.29, 0.717) is 26.4 Å². The lowest BCUT2D eigenvalue weighted by Crippen LogP contribution is -2.52. The Balaban J connectivity index is 1.83. The van der Waals surface area contributed by atoms with E-state index in [2.05, 4.69) is 0 Å². The highest BCUT2D eigenvalue weighted by Gasteiger charge is 2.42. The third kappa shape index (κ3) is 2.47. The standard InChI is InChI=1S/C9H16O6/c1-10-7-12-3-9(4-13-7)5-14-8(11-2)15-6-9/h7-8H,3-6H2,1-2H3. The number of hydrogen-bond acceptors (Lipinski definition) is 6. The van der Waals surface area contributed by atoms with E-state index in [-0.39, 0.29) is 5.41 Å². The lowest BCUT2D eigenvalue weighted by molar-refractivity contribution is -0.384. The van der Waals surface area contributed by atoms with Crippen LogP contribution in [0.15, 0.2) is 0 Å². The van der Waals surface area contributed by atoms with Gasteiger partial charge in [0.15, 0.2) is 0 Å². The molecule has 0 aromatic heterocycles. The van der Waals surface area contributed by atoms with E-state index in [1.807, 2.05) is 0 Å². The molecule has 2 saturated heterocycles. The summed E-state index contributed by atoms with van der Waals surface area (Å²) >= 11 is 0. The van der Waals surface area contributed by atoms with E-state index in [9.17, 15) is 0 Å². The molecule has 0 bridgehead atoms. The molecular formula is C9H16O6. The third-order valence-electron chi connectivity index (χ3n) is 2.49. The van der Waals surface area contributed by atoms with Crippen molar-refractivity contribution in [1.82, 2.24) is 0 Å². The summed E-state index contributed by atoms with van der Waals surface area (Å²) in [5.41, 5.74) is -0.232. The predicted octanol–water partition coefficient (Wildman–Crippen LogP) is -0.0736. The van der Waals surface area contributed by atoms with Crippen LogP contribution in [0.3, 0.4) is 0 Å². The van der Waals surface area contributed by atoms with Crippen LogP contribution < -0.4 is 0 Å². The van der Waals surface area contributed by atoms with Crippen molar-refractivity contribution in [3.05, 3.63) is 0 Å². The third-order valence-corrected chi connectivity index (χ3v) is 2.49. The Bertz CT molecular complexity index is 167. The maximum atomic E-state index is 5.34. The van der Waals surface area contributed by atoms with Gasteiger partial charge < -0.3 is 28.4 Å². The molecule has 2 aliphatic heterocycles. The molecule has 0 aromatic carbocycles. The minimum atomic E-state index is -0.573. The van der Waals surface area contributed by atoms with Gasteiger partial charge in [0.25, 0.3) is 13.0 Å². The molecule has 2 rings (SSSR count). The van der Waals surface area contributed by atoms with E-state index in [1.54, 1.807) is 0 Å². The fourth-order valence-corrected chi connectivity index (χ4v) is 1.60. The van der Waals surface area contributed by atoms with Crippen LogP contribution in [0.5, 0.6) is 0 Å². The second-order valence-corrected chi connectivity index (χ2v) is 3.79. The molecule has 2 fully saturated rings. The molecule has 0 N–H and O–H groups in total. The van der Waals surface area contributed by atoms with Crippen molar-refractivity contribution in [3.8, 4) is 0 Å². The zero-order chi connectivity index (χ0) is 10.7. The van der Waals surface area contributed by atoms with Crippen LogP contribution in [0.1, 0.15) is 0 Å². The molecule has 0 radical (unpaired) electrons. The summed E-state index contributed by atoms with van der Waals surface area (Å²) in [5, 5.41) is 0. The summed E-state index contributed by atoms with van der Waals surface area (Å²) in [6.07, 6.45) is 0. The molecule has 6 heteroatoms. The first-order chi connectivity index (χ1) is 7.28. The van der Waals surface area contributed by atoms with Crippen LogP contribution in [0.2, 0.25) is 0 Å². The number of hydrogen-bond donors (Lipinski definition) is 0. The van der Waals surface area contributed by atoms with Gasteiger partial charge in [0, 0.05) is 14.2 Å². The van der Waals surface area contributed by atoms with E-state index < -0.39 is 13.0 Å². The summed E-state index contributed by atoms with van der Waals surface area (Å²) in [6, 6.07) is 0. The lowest BCUT2D eigenvalue weighted by atomic mass is 9.91. The quantitative estimate of drug-likeness (QED) is 0.649. The summed E-state index contributed by atoms with van der Waals surface area (Å²) in [4.78, 5) is 0. The van der Waals surface area contributed by atoms with Crippen LogP contribution in [-0.2, 0) is 28.4 Å². The molecule has 0 aliphatic carbocycles. The minimum absolute atomic E-state index is 0.232. The first-order valence-corrected chi connectivity index (χ1v) is 4.80. The van der Waals surface area contributed by atoms with E-state index >= 15 is 0 Å². The second kappa shape index (κ2) is 4.73. The van der Waals surface area contributed by atoms with Crippen molar-refractivity contribution in [2.45, 2.75) is 13.0 Å². The second-order valence-electron chi connectivity index (χ2n) is 3.79. The molecule has 0 saturated carbocycles. The molecule has 6 nitrogen and oxygen atoms in total. The van der Waals surface area contributed by atoms with Crippen LogP contribution in [-0.4, -0.2) is 53.6 Å². The van der Waals surface area contributed by atoms with Crippen molar-refractivity contribution in [2.75, 3.05) is 40.6 Å². The van der Waals surface area contributed by atoms with E-state index in [4.69, 9.17) is 28.4 Å². The van der Waals surface area contributed by atoms with Crippen LogP contribution in [0.25, 0.3) is 0 Å². The zero-order valence-corrected chi connectivity index (χ0v) is 8.93. The summed E-state index contributed by atoms with van der Waals surface area (Å²) in [7, 11) is 3.08. The lowest BCUT2D eigenvalue weighted by Gasteiger charge is -2.42. The molecule has 15 heavy (non-hydrogen) atoms. The van der Waals surface area contributed by atoms with Crippen LogP contribution >= 0.6 is 0 Å². The maximum absolute atomic E-state index is 5.34.